The molecule has 0 saturated heterocycles. The Morgan fingerprint density at radius 2 is 1.56 bits per heavy atom. The van der Waals surface area contributed by atoms with Crippen molar-refractivity contribution in [2.24, 2.45) is 5.10 Å². The molecule has 0 aromatic heterocycles. The van der Waals surface area contributed by atoms with Gasteiger partial charge in [-0.1, -0.05) is 46.3 Å². The van der Waals surface area contributed by atoms with Gasteiger partial charge in [-0.25, -0.2) is 5.43 Å². The summed E-state index contributed by atoms with van der Waals surface area (Å²) in [7, 11) is 0. The van der Waals surface area contributed by atoms with Gasteiger partial charge in [0.25, 0.3) is 5.91 Å². The number of carbonyl (C=O) groups excluding carboxylic acids is 3. The summed E-state index contributed by atoms with van der Waals surface area (Å²) in [6.45, 7) is 3.47. The number of aryl methyl sites for hydroxylation is 2. The van der Waals surface area contributed by atoms with Crippen LogP contribution < -0.4 is 20.8 Å². The molecule has 0 unspecified atom stereocenters. The quantitative estimate of drug-likeness (QED) is 0.245. The Balaban J connectivity index is 1.55. The van der Waals surface area contributed by atoms with E-state index in [-0.39, 0.29) is 12.5 Å². The van der Waals surface area contributed by atoms with E-state index in [0.717, 1.165) is 15.6 Å². The number of anilines is 2. The van der Waals surface area contributed by atoms with Crippen LogP contribution in [-0.2, 0) is 14.4 Å². The zero-order chi connectivity index (χ0) is 24.5. The normalized spacial score (nSPS) is 10.6. The largest absolute Gasteiger partial charge is 0.483 e. The van der Waals surface area contributed by atoms with E-state index in [9.17, 15) is 14.4 Å². The molecule has 0 saturated carbocycles. The fourth-order valence-electron chi connectivity index (χ4n) is 2.99. The molecule has 0 spiro atoms. The molecule has 3 N–H and O–H groups in total. The van der Waals surface area contributed by atoms with E-state index in [1.54, 1.807) is 36.4 Å². The van der Waals surface area contributed by atoms with Gasteiger partial charge in [0.1, 0.15) is 5.75 Å². The maximum Gasteiger partial charge on any atom is 0.329 e. The predicted octanol–water partition coefficient (Wildman–Crippen LogP) is 4.17. The lowest BCUT2D eigenvalue weighted by Gasteiger charge is -2.10. The first-order valence-electron chi connectivity index (χ1n) is 10.3. The van der Waals surface area contributed by atoms with Gasteiger partial charge in [-0.05, 0) is 61.4 Å². The first kappa shape index (κ1) is 24.7. The van der Waals surface area contributed by atoms with Crippen LogP contribution in [0.3, 0.4) is 0 Å². The fraction of sp³-hybridized carbons (Fsp3) is 0.120. The van der Waals surface area contributed by atoms with Crippen molar-refractivity contribution in [2.45, 2.75) is 13.8 Å². The number of hydrogen-bond acceptors (Lipinski definition) is 5. The number of amides is 3. The SMILES string of the molecule is Cc1cccc(C)c1NC(=O)C(=O)N/N=C\c1ccccc1OCC(=O)Nc1ccc(Br)cc1. The van der Waals surface area contributed by atoms with Crippen molar-refractivity contribution in [1.82, 2.24) is 5.43 Å². The van der Waals surface area contributed by atoms with E-state index in [1.165, 1.54) is 6.21 Å². The van der Waals surface area contributed by atoms with Crippen LogP contribution in [-0.4, -0.2) is 30.5 Å². The zero-order valence-corrected chi connectivity index (χ0v) is 20.2. The Hall–Kier alpha value is -3.98. The molecule has 3 aromatic carbocycles. The number of hydrogen-bond donors (Lipinski definition) is 3. The molecule has 8 nitrogen and oxygen atoms in total. The molecule has 3 aromatic rings. The summed E-state index contributed by atoms with van der Waals surface area (Å²) < 4.78 is 6.51. The van der Waals surface area contributed by atoms with Crippen molar-refractivity contribution < 1.29 is 19.1 Å². The molecule has 0 aliphatic rings. The molecule has 0 atom stereocenters. The Kier molecular flexibility index (Phi) is 8.53. The summed E-state index contributed by atoms with van der Waals surface area (Å²) in [5.74, 6) is -1.67. The highest BCUT2D eigenvalue weighted by atomic mass is 79.9. The topological polar surface area (TPSA) is 109 Å². The molecule has 0 radical (unpaired) electrons. The number of para-hydroxylation sites is 2. The number of rotatable bonds is 7. The van der Waals surface area contributed by atoms with Gasteiger partial charge in [0, 0.05) is 21.4 Å². The lowest BCUT2D eigenvalue weighted by Crippen LogP contribution is -2.32. The maximum atomic E-state index is 12.2. The van der Waals surface area contributed by atoms with Crippen LogP contribution in [0.5, 0.6) is 5.75 Å². The molecule has 0 bridgehead atoms. The lowest BCUT2D eigenvalue weighted by atomic mass is 10.1. The lowest BCUT2D eigenvalue weighted by molar-refractivity contribution is -0.136. The van der Waals surface area contributed by atoms with E-state index in [0.29, 0.717) is 22.7 Å². The van der Waals surface area contributed by atoms with Crippen molar-refractivity contribution in [3.05, 3.63) is 87.9 Å². The first-order chi connectivity index (χ1) is 16.3. The van der Waals surface area contributed by atoms with Gasteiger partial charge in [0.15, 0.2) is 6.61 Å². The van der Waals surface area contributed by atoms with Gasteiger partial charge in [-0.15, -0.1) is 0 Å². The number of benzene rings is 3. The van der Waals surface area contributed by atoms with Crippen molar-refractivity contribution in [2.75, 3.05) is 17.2 Å². The third kappa shape index (κ3) is 7.01. The first-order valence-corrected chi connectivity index (χ1v) is 11.1. The fourth-order valence-corrected chi connectivity index (χ4v) is 3.25. The van der Waals surface area contributed by atoms with Gasteiger partial charge in [-0.3, -0.25) is 14.4 Å². The maximum absolute atomic E-state index is 12.2. The van der Waals surface area contributed by atoms with E-state index in [4.69, 9.17) is 4.74 Å². The minimum atomic E-state index is -0.911. The van der Waals surface area contributed by atoms with Crippen LogP contribution in [0.25, 0.3) is 0 Å². The van der Waals surface area contributed by atoms with Crippen LogP contribution in [0.4, 0.5) is 11.4 Å². The monoisotopic (exact) mass is 522 g/mol. The second-order valence-corrected chi connectivity index (χ2v) is 8.22. The van der Waals surface area contributed by atoms with Crippen molar-refractivity contribution in [3.63, 3.8) is 0 Å². The van der Waals surface area contributed by atoms with E-state index >= 15 is 0 Å². The van der Waals surface area contributed by atoms with Crippen LogP contribution in [0.2, 0.25) is 0 Å². The molecular formula is C25H23BrN4O4. The van der Waals surface area contributed by atoms with Gasteiger partial charge >= 0.3 is 11.8 Å². The molecule has 34 heavy (non-hydrogen) atoms. The molecule has 0 aliphatic heterocycles. The van der Waals surface area contributed by atoms with E-state index in [2.05, 4.69) is 37.1 Å². The number of ether oxygens (including phenoxy) is 1. The molecule has 3 rings (SSSR count). The Morgan fingerprint density at radius 1 is 0.882 bits per heavy atom. The van der Waals surface area contributed by atoms with Crippen molar-refractivity contribution in [3.8, 4) is 5.75 Å². The molecule has 0 aliphatic carbocycles. The molecular weight excluding hydrogens is 500 g/mol. The minimum absolute atomic E-state index is 0.217. The molecule has 9 heteroatoms. The van der Waals surface area contributed by atoms with Crippen molar-refractivity contribution in [1.29, 1.82) is 0 Å². The standard InChI is InChI=1S/C25H23BrN4O4/c1-16-6-5-7-17(2)23(16)29-24(32)25(33)30-27-14-18-8-3-4-9-21(18)34-15-22(31)28-20-12-10-19(26)11-13-20/h3-14H,15H2,1-2H3,(H,28,31)(H,29,32)(H,30,33)/b27-14-. The third-order valence-corrected chi connectivity index (χ3v) is 5.23. The third-order valence-electron chi connectivity index (χ3n) is 4.70. The average molecular weight is 523 g/mol. The Morgan fingerprint density at radius 3 is 2.26 bits per heavy atom. The van der Waals surface area contributed by atoms with Gasteiger partial charge in [-0.2, -0.15) is 5.10 Å². The minimum Gasteiger partial charge on any atom is -0.483 e. The Labute approximate surface area is 205 Å². The van der Waals surface area contributed by atoms with Crippen LogP contribution in [0.15, 0.2) is 76.3 Å². The van der Waals surface area contributed by atoms with Crippen LogP contribution >= 0.6 is 15.9 Å². The Bertz CT molecular complexity index is 1210. The predicted molar refractivity (Wildman–Crippen MR) is 135 cm³/mol. The van der Waals surface area contributed by atoms with E-state index in [1.807, 2.05) is 44.2 Å². The summed E-state index contributed by atoms with van der Waals surface area (Å²) in [4.78, 5) is 36.5. The number of nitrogens with one attached hydrogen (secondary N) is 3. The van der Waals surface area contributed by atoms with Gasteiger partial charge in [0.2, 0.25) is 0 Å². The molecule has 3 amide bonds. The summed E-state index contributed by atoms with van der Waals surface area (Å²) in [5, 5.41) is 9.18. The summed E-state index contributed by atoms with van der Waals surface area (Å²) in [6.07, 6.45) is 1.34. The number of nitrogens with zero attached hydrogens (tertiary/aromatic N) is 1. The highest BCUT2D eigenvalue weighted by molar-refractivity contribution is 9.10. The molecule has 174 valence electrons. The average Bonchev–Trinajstić information content (AvgIpc) is 2.82. The molecule has 0 heterocycles. The number of halogens is 1. The summed E-state index contributed by atoms with van der Waals surface area (Å²) in [6, 6.07) is 19.6. The summed E-state index contributed by atoms with van der Waals surface area (Å²) >= 11 is 3.34. The van der Waals surface area contributed by atoms with Crippen LogP contribution in [0.1, 0.15) is 16.7 Å². The highest BCUT2D eigenvalue weighted by Gasteiger charge is 2.15. The smallest absolute Gasteiger partial charge is 0.329 e. The zero-order valence-electron chi connectivity index (χ0n) is 18.6. The number of hydrazone groups is 1. The van der Waals surface area contributed by atoms with E-state index < -0.39 is 11.8 Å². The van der Waals surface area contributed by atoms with Gasteiger partial charge in [0.05, 0.1) is 6.21 Å². The second-order valence-electron chi connectivity index (χ2n) is 7.30. The molecule has 0 fully saturated rings. The van der Waals surface area contributed by atoms with Gasteiger partial charge < -0.3 is 15.4 Å². The van der Waals surface area contributed by atoms with Crippen LogP contribution in [0, 0.1) is 13.8 Å². The number of carbonyl (C=O) groups is 3. The second kappa shape index (κ2) is 11.8. The summed E-state index contributed by atoms with van der Waals surface area (Å²) in [5.41, 5.74) is 5.65. The highest BCUT2D eigenvalue weighted by Crippen LogP contribution is 2.19. The van der Waals surface area contributed by atoms with Crippen molar-refractivity contribution >= 4 is 51.2 Å².